The molecular weight excluding hydrogens is 260 g/mol. The van der Waals surface area contributed by atoms with E-state index in [0.717, 1.165) is 31.5 Å². The number of carbonyl (C=O) groups is 2. The third-order valence-electron chi connectivity index (χ3n) is 4.75. The van der Waals surface area contributed by atoms with Crippen molar-refractivity contribution in [3.05, 3.63) is 11.6 Å². The third-order valence-corrected chi connectivity index (χ3v) is 4.75. The number of rotatable bonds is 3. The van der Waals surface area contributed by atoms with Crippen LogP contribution in [0.25, 0.3) is 0 Å². The summed E-state index contributed by atoms with van der Waals surface area (Å²) in [5, 5.41) is 16.1. The molecule has 3 aliphatic rings. The van der Waals surface area contributed by atoms with Gasteiger partial charge in [0.1, 0.15) is 5.82 Å². The van der Waals surface area contributed by atoms with Gasteiger partial charge in [0.15, 0.2) is 0 Å². The van der Waals surface area contributed by atoms with Crippen LogP contribution in [0.4, 0.5) is 0 Å². The van der Waals surface area contributed by atoms with E-state index in [1.165, 1.54) is 0 Å². The van der Waals surface area contributed by atoms with Gasteiger partial charge in [-0.05, 0) is 32.1 Å². The molecule has 0 spiro atoms. The summed E-state index contributed by atoms with van der Waals surface area (Å²) < 4.78 is 0. The van der Waals surface area contributed by atoms with Crippen LogP contribution in [-0.2, 0) is 4.79 Å². The van der Waals surface area contributed by atoms with Crippen molar-refractivity contribution in [2.45, 2.75) is 50.1 Å². The summed E-state index contributed by atoms with van der Waals surface area (Å²) in [6.45, 7) is 0. The Bertz CT molecular complexity index is 580. The van der Waals surface area contributed by atoms with E-state index < -0.39 is 11.9 Å². The number of aromatic amines is 1. The fraction of sp³-hybridized carbons (Fsp3) is 0.692. The lowest BCUT2D eigenvalue weighted by molar-refractivity contribution is -0.142. The van der Waals surface area contributed by atoms with E-state index in [1.807, 2.05) is 0 Å². The fourth-order valence-electron chi connectivity index (χ4n) is 3.60. The number of carboxylic acid groups (broad SMARTS) is 1. The zero-order valence-corrected chi connectivity index (χ0v) is 11.0. The molecule has 0 radical (unpaired) electrons. The van der Waals surface area contributed by atoms with Crippen molar-refractivity contribution in [1.82, 2.24) is 20.1 Å². The predicted molar refractivity (Wildman–Crippen MR) is 67.1 cm³/mol. The molecule has 3 atom stereocenters. The van der Waals surface area contributed by atoms with Crippen LogP contribution < -0.4 is 0 Å². The summed E-state index contributed by atoms with van der Waals surface area (Å²) in [6, 6.07) is -0.149. The van der Waals surface area contributed by atoms with Gasteiger partial charge in [0.2, 0.25) is 5.82 Å². The molecular formula is C13H16N4O3. The molecule has 4 rings (SSSR count). The van der Waals surface area contributed by atoms with Crippen molar-refractivity contribution in [3.8, 4) is 0 Å². The quantitative estimate of drug-likeness (QED) is 0.849. The van der Waals surface area contributed by atoms with Crippen molar-refractivity contribution in [2.75, 3.05) is 0 Å². The van der Waals surface area contributed by atoms with Crippen molar-refractivity contribution in [3.63, 3.8) is 0 Å². The summed E-state index contributed by atoms with van der Waals surface area (Å²) in [7, 11) is 0. The Morgan fingerprint density at radius 2 is 2.05 bits per heavy atom. The lowest BCUT2D eigenvalue weighted by atomic mass is 9.89. The van der Waals surface area contributed by atoms with Gasteiger partial charge < -0.3 is 10.0 Å². The number of carbonyl (C=O) groups excluding carboxylic acids is 1. The first kappa shape index (κ1) is 11.9. The Labute approximate surface area is 115 Å². The highest BCUT2D eigenvalue weighted by Gasteiger charge is 2.52. The molecule has 3 heterocycles. The van der Waals surface area contributed by atoms with Crippen molar-refractivity contribution in [2.24, 2.45) is 5.92 Å². The maximum atomic E-state index is 12.5. The number of nitrogens with zero attached hydrogens (tertiary/aromatic N) is 3. The van der Waals surface area contributed by atoms with Crippen LogP contribution in [0.5, 0.6) is 0 Å². The van der Waals surface area contributed by atoms with Crippen molar-refractivity contribution >= 4 is 11.9 Å². The van der Waals surface area contributed by atoms with Gasteiger partial charge >= 0.3 is 5.97 Å². The van der Waals surface area contributed by atoms with E-state index in [2.05, 4.69) is 15.2 Å². The van der Waals surface area contributed by atoms with Gasteiger partial charge in [0, 0.05) is 18.0 Å². The third kappa shape index (κ3) is 1.65. The smallest absolute Gasteiger partial charge is 0.308 e. The number of amides is 1. The average molecular weight is 276 g/mol. The highest BCUT2D eigenvalue weighted by molar-refractivity contribution is 5.92. The standard InChI is InChI=1S/C13H16N4O3/c18-12(11-14-10(15-16-11)6-1-2-6)17-7-3-4-9(17)8(5-7)13(19)20/h6-9H,1-5H2,(H,19,20)(H,14,15,16). The van der Waals surface area contributed by atoms with E-state index in [0.29, 0.717) is 12.3 Å². The summed E-state index contributed by atoms with van der Waals surface area (Å²) in [5.41, 5.74) is 0. The van der Waals surface area contributed by atoms with Crippen LogP contribution in [-0.4, -0.2) is 49.1 Å². The number of aliphatic carboxylic acids is 1. The topological polar surface area (TPSA) is 99.2 Å². The average Bonchev–Trinajstić information content (AvgIpc) is 2.90. The van der Waals surface area contributed by atoms with E-state index >= 15 is 0 Å². The minimum atomic E-state index is -0.802. The molecule has 1 aliphatic carbocycles. The number of H-pyrrole nitrogens is 1. The second-order valence-corrected chi connectivity index (χ2v) is 6.01. The van der Waals surface area contributed by atoms with Crippen molar-refractivity contribution < 1.29 is 14.7 Å². The van der Waals surface area contributed by atoms with Gasteiger partial charge in [-0.25, -0.2) is 4.98 Å². The Morgan fingerprint density at radius 3 is 2.70 bits per heavy atom. The monoisotopic (exact) mass is 276 g/mol. The van der Waals surface area contributed by atoms with E-state index in [1.54, 1.807) is 4.90 Å². The molecule has 2 saturated heterocycles. The van der Waals surface area contributed by atoms with E-state index in [4.69, 9.17) is 0 Å². The molecule has 20 heavy (non-hydrogen) atoms. The number of hydrogen-bond acceptors (Lipinski definition) is 4. The maximum absolute atomic E-state index is 12.5. The molecule has 2 bridgehead atoms. The molecule has 2 N–H and O–H groups in total. The normalized spacial score (nSPS) is 31.8. The maximum Gasteiger partial charge on any atom is 0.308 e. The minimum absolute atomic E-state index is 0.0384. The highest BCUT2D eigenvalue weighted by atomic mass is 16.4. The van der Waals surface area contributed by atoms with Crippen LogP contribution in [0.15, 0.2) is 0 Å². The first-order valence-corrected chi connectivity index (χ1v) is 7.13. The molecule has 7 nitrogen and oxygen atoms in total. The number of nitrogens with one attached hydrogen (secondary N) is 1. The molecule has 1 aromatic heterocycles. The van der Waals surface area contributed by atoms with Gasteiger partial charge in [0.25, 0.3) is 5.91 Å². The van der Waals surface area contributed by atoms with Gasteiger partial charge in [0.05, 0.1) is 5.92 Å². The van der Waals surface area contributed by atoms with Crippen molar-refractivity contribution in [1.29, 1.82) is 0 Å². The lowest BCUT2D eigenvalue weighted by Gasteiger charge is -2.21. The second-order valence-electron chi connectivity index (χ2n) is 6.01. The molecule has 1 saturated carbocycles. The molecule has 2 aliphatic heterocycles. The predicted octanol–water partition coefficient (Wildman–Crippen LogP) is 0.760. The zero-order valence-electron chi connectivity index (χ0n) is 11.0. The summed E-state index contributed by atoms with van der Waals surface area (Å²) in [5.74, 6) is -0.0526. The minimum Gasteiger partial charge on any atom is -0.481 e. The van der Waals surface area contributed by atoms with Crippen LogP contribution in [0.1, 0.15) is 54.5 Å². The molecule has 3 fully saturated rings. The highest BCUT2D eigenvalue weighted by Crippen LogP contribution is 2.42. The Morgan fingerprint density at radius 1 is 1.25 bits per heavy atom. The molecule has 1 amide bonds. The Kier molecular flexibility index (Phi) is 2.40. The molecule has 0 aromatic carbocycles. The van der Waals surface area contributed by atoms with Crippen LogP contribution in [0, 0.1) is 5.92 Å². The van der Waals surface area contributed by atoms with Gasteiger partial charge in [-0.1, -0.05) is 0 Å². The SMILES string of the molecule is O=C(O)C1CC2CCC1N2C(=O)c1n[nH]c(C2CC2)n1. The van der Waals surface area contributed by atoms with E-state index in [-0.39, 0.29) is 23.8 Å². The first-order chi connectivity index (χ1) is 9.65. The Hall–Kier alpha value is -1.92. The summed E-state index contributed by atoms with van der Waals surface area (Å²) in [4.78, 5) is 29.7. The molecule has 7 heteroatoms. The van der Waals surface area contributed by atoms with Crippen LogP contribution in [0.2, 0.25) is 0 Å². The fourth-order valence-corrected chi connectivity index (χ4v) is 3.60. The van der Waals surface area contributed by atoms with Gasteiger partial charge in [-0.2, -0.15) is 0 Å². The number of fused-ring (bicyclic) bond motifs is 2. The number of aromatic nitrogens is 3. The van der Waals surface area contributed by atoms with E-state index in [9.17, 15) is 14.7 Å². The molecule has 3 unspecified atom stereocenters. The molecule has 1 aromatic rings. The first-order valence-electron chi connectivity index (χ1n) is 7.13. The van der Waals surface area contributed by atoms with Gasteiger partial charge in [-0.3, -0.25) is 14.7 Å². The van der Waals surface area contributed by atoms with Crippen LogP contribution in [0.3, 0.4) is 0 Å². The molecule has 106 valence electrons. The van der Waals surface area contributed by atoms with Gasteiger partial charge in [-0.15, -0.1) is 5.10 Å². The van der Waals surface area contributed by atoms with Crippen LogP contribution >= 0.6 is 0 Å². The Balaban J connectivity index is 1.57. The largest absolute Gasteiger partial charge is 0.481 e. The number of hydrogen-bond donors (Lipinski definition) is 2. The second kappa shape index (κ2) is 4.04. The summed E-state index contributed by atoms with van der Waals surface area (Å²) >= 11 is 0. The summed E-state index contributed by atoms with van der Waals surface area (Å²) in [6.07, 6.45) is 4.41. The lowest BCUT2D eigenvalue weighted by Crippen LogP contribution is -2.38. The zero-order chi connectivity index (χ0) is 13.9. The number of carboxylic acids is 1.